The summed E-state index contributed by atoms with van der Waals surface area (Å²) >= 11 is 6.05. The smallest absolute Gasteiger partial charge is 0.440 e. The highest BCUT2D eigenvalue weighted by Crippen LogP contribution is 2.45. The van der Waals surface area contributed by atoms with Gasteiger partial charge in [-0.25, -0.2) is 4.98 Å². The van der Waals surface area contributed by atoms with E-state index in [9.17, 15) is 22.8 Å². The van der Waals surface area contributed by atoms with Gasteiger partial charge in [-0.3, -0.25) is 19.5 Å². The fourth-order valence-corrected chi connectivity index (χ4v) is 4.52. The molecule has 2 aliphatic rings. The summed E-state index contributed by atoms with van der Waals surface area (Å²) in [4.78, 5) is 29.1. The van der Waals surface area contributed by atoms with Gasteiger partial charge in [0.2, 0.25) is 11.9 Å². The largest absolute Gasteiger partial charge is 0.495 e. The molecule has 1 aromatic carbocycles. The summed E-state index contributed by atoms with van der Waals surface area (Å²) in [5, 5.41) is 4.26. The van der Waals surface area contributed by atoms with Crippen molar-refractivity contribution in [3.63, 3.8) is 0 Å². The molecule has 1 unspecified atom stereocenters. The van der Waals surface area contributed by atoms with E-state index in [1.165, 1.54) is 19.2 Å². The number of fused-ring (bicyclic) bond motifs is 3. The molecule has 0 spiro atoms. The first-order valence-corrected chi connectivity index (χ1v) is 10.0. The van der Waals surface area contributed by atoms with Crippen molar-refractivity contribution in [1.82, 2.24) is 14.9 Å². The standard InChI is InChI=1S/C19H20ClF3N4O3/c1-30-14-9-13-12(8-11(14)20)24-17-25-16(29)18(27(13)17,19(21,22)23)26-15(28)7-6-10-4-2-3-5-10/h8-10H,2-7H2,1H3,(H,26,28)(H,24,25,29). The molecule has 30 heavy (non-hydrogen) atoms. The summed E-state index contributed by atoms with van der Waals surface area (Å²) in [6.07, 6.45) is -0.656. The summed E-state index contributed by atoms with van der Waals surface area (Å²) in [6, 6.07) is 2.61. The number of carbonyl (C=O) groups excluding carboxylic acids is 2. The highest BCUT2D eigenvalue weighted by molar-refractivity contribution is 6.32. The minimum Gasteiger partial charge on any atom is -0.495 e. The molecule has 11 heteroatoms. The second kappa shape index (κ2) is 7.33. The van der Waals surface area contributed by atoms with Crippen LogP contribution in [0.4, 0.5) is 19.1 Å². The zero-order valence-electron chi connectivity index (χ0n) is 16.1. The van der Waals surface area contributed by atoms with Gasteiger partial charge in [-0.15, -0.1) is 0 Å². The Kier molecular flexibility index (Phi) is 5.08. The molecule has 0 radical (unpaired) electrons. The van der Waals surface area contributed by atoms with Crippen LogP contribution in [0.3, 0.4) is 0 Å². The zero-order valence-corrected chi connectivity index (χ0v) is 16.9. The topological polar surface area (TPSA) is 85.2 Å². The van der Waals surface area contributed by atoms with Crippen LogP contribution in [0.25, 0.3) is 11.0 Å². The minimum atomic E-state index is -5.12. The molecule has 0 saturated heterocycles. The summed E-state index contributed by atoms with van der Waals surface area (Å²) in [7, 11) is 1.32. The number of nitrogens with zero attached hydrogens (tertiary/aromatic N) is 2. The van der Waals surface area contributed by atoms with Gasteiger partial charge in [0.15, 0.2) is 0 Å². The summed E-state index contributed by atoms with van der Waals surface area (Å²) in [6.45, 7) is 0. The Balaban J connectivity index is 1.75. The summed E-state index contributed by atoms with van der Waals surface area (Å²) in [5.74, 6) is -2.14. The first kappa shape index (κ1) is 20.8. The lowest BCUT2D eigenvalue weighted by molar-refractivity contribution is -0.217. The number of alkyl halides is 3. The van der Waals surface area contributed by atoms with Crippen molar-refractivity contribution in [1.29, 1.82) is 0 Å². The van der Waals surface area contributed by atoms with Crippen LogP contribution in [0.15, 0.2) is 12.1 Å². The number of amides is 2. The number of rotatable bonds is 5. The number of anilines is 1. The Morgan fingerprint density at radius 2 is 2.10 bits per heavy atom. The lowest BCUT2D eigenvalue weighted by atomic mass is 10.0. The van der Waals surface area contributed by atoms with Crippen molar-refractivity contribution in [3.8, 4) is 5.75 Å². The predicted molar refractivity (Wildman–Crippen MR) is 103 cm³/mol. The molecule has 1 aliphatic carbocycles. The van der Waals surface area contributed by atoms with E-state index in [2.05, 4.69) is 10.3 Å². The van der Waals surface area contributed by atoms with E-state index >= 15 is 0 Å². The maximum absolute atomic E-state index is 14.3. The van der Waals surface area contributed by atoms with Gasteiger partial charge in [-0.05, 0) is 18.4 Å². The minimum absolute atomic E-state index is 0.0435. The van der Waals surface area contributed by atoms with E-state index in [1.54, 1.807) is 0 Å². The van der Waals surface area contributed by atoms with Crippen molar-refractivity contribution in [3.05, 3.63) is 17.2 Å². The lowest BCUT2D eigenvalue weighted by Crippen LogP contribution is -2.63. The van der Waals surface area contributed by atoms with E-state index < -0.39 is 23.7 Å². The molecule has 1 fully saturated rings. The number of hydrogen-bond donors (Lipinski definition) is 2. The summed E-state index contributed by atoms with van der Waals surface area (Å²) < 4.78 is 48.8. The molecule has 2 aromatic rings. The molecule has 2 N–H and O–H groups in total. The van der Waals surface area contributed by atoms with Crippen LogP contribution < -0.4 is 15.4 Å². The molecule has 2 heterocycles. The third kappa shape index (κ3) is 3.17. The van der Waals surface area contributed by atoms with Crippen molar-refractivity contribution in [2.45, 2.75) is 50.4 Å². The molecule has 1 aromatic heterocycles. The van der Waals surface area contributed by atoms with Crippen LogP contribution in [0, 0.1) is 5.92 Å². The van der Waals surface area contributed by atoms with Crippen LogP contribution in [0.2, 0.25) is 5.02 Å². The Bertz CT molecular complexity index is 1020. The van der Waals surface area contributed by atoms with Gasteiger partial charge in [0.25, 0.3) is 11.6 Å². The van der Waals surface area contributed by atoms with E-state index in [4.69, 9.17) is 16.3 Å². The monoisotopic (exact) mass is 444 g/mol. The summed E-state index contributed by atoms with van der Waals surface area (Å²) in [5.41, 5.74) is -3.22. The van der Waals surface area contributed by atoms with E-state index in [1.807, 2.05) is 5.32 Å². The molecule has 7 nitrogen and oxygen atoms in total. The third-order valence-corrected chi connectivity index (χ3v) is 6.10. The van der Waals surface area contributed by atoms with E-state index in [0.29, 0.717) is 16.9 Å². The van der Waals surface area contributed by atoms with Gasteiger partial charge in [0.1, 0.15) is 5.75 Å². The van der Waals surface area contributed by atoms with E-state index in [0.717, 1.165) is 25.7 Å². The lowest BCUT2D eigenvalue weighted by Gasteiger charge is -2.32. The van der Waals surface area contributed by atoms with Crippen LogP contribution in [-0.2, 0) is 15.3 Å². The first-order valence-electron chi connectivity index (χ1n) is 9.63. The molecule has 1 atom stereocenters. The number of carbonyl (C=O) groups is 2. The molecule has 2 amide bonds. The fourth-order valence-electron chi connectivity index (χ4n) is 4.29. The van der Waals surface area contributed by atoms with Gasteiger partial charge in [-0.2, -0.15) is 13.2 Å². The molecule has 162 valence electrons. The second-order valence-electron chi connectivity index (χ2n) is 7.65. The molecular weight excluding hydrogens is 425 g/mol. The molecule has 1 saturated carbocycles. The number of nitrogens with one attached hydrogen (secondary N) is 2. The van der Waals surface area contributed by atoms with Crippen molar-refractivity contribution in [2.24, 2.45) is 5.92 Å². The molecular formula is C19H20ClF3N4O3. The number of imidazole rings is 1. The third-order valence-electron chi connectivity index (χ3n) is 5.80. The average molecular weight is 445 g/mol. The maximum atomic E-state index is 14.3. The van der Waals surface area contributed by atoms with Crippen molar-refractivity contribution >= 4 is 40.4 Å². The molecule has 0 bridgehead atoms. The highest BCUT2D eigenvalue weighted by atomic mass is 35.5. The van der Waals surface area contributed by atoms with Crippen molar-refractivity contribution < 1.29 is 27.5 Å². The number of benzene rings is 1. The first-order chi connectivity index (χ1) is 14.2. The number of hydrogen-bond acceptors (Lipinski definition) is 4. The molecule has 1 aliphatic heterocycles. The van der Waals surface area contributed by atoms with Crippen LogP contribution in [0.1, 0.15) is 38.5 Å². The van der Waals surface area contributed by atoms with Gasteiger partial charge in [-0.1, -0.05) is 37.3 Å². The van der Waals surface area contributed by atoms with Gasteiger partial charge >= 0.3 is 6.18 Å². The number of aromatic nitrogens is 2. The normalized spacial score (nSPS) is 21.7. The quantitative estimate of drug-likeness (QED) is 0.731. The van der Waals surface area contributed by atoms with E-state index in [-0.39, 0.29) is 34.2 Å². The number of halogens is 4. The highest BCUT2D eigenvalue weighted by Gasteiger charge is 2.67. The van der Waals surface area contributed by atoms with Gasteiger partial charge in [0.05, 0.1) is 23.2 Å². The number of ether oxygens (including phenoxy) is 1. The SMILES string of the molecule is COc1cc2c(cc1Cl)nc1n2C(NC(=O)CCC2CCCC2)(C(F)(F)F)C(=O)N1. The Labute approximate surface area is 174 Å². The van der Waals surface area contributed by atoms with Crippen molar-refractivity contribution in [2.75, 3.05) is 12.4 Å². The predicted octanol–water partition coefficient (Wildman–Crippen LogP) is 3.95. The number of methoxy groups -OCH3 is 1. The van der Waals surface area contributed by atoms with Crippen LogP contribution in [0.5, 0.6) is 5.75 Å². The maximum Gasteiger partial charge on any atom is 0.440 e. The zero-order chi connectivity index (χ0) is 21.7. The Morgan fingerprint density at radius 3 is 2.73 bits per heavy atom. The second-order valence-corrected chi connectivity index (χ2v) is 8.05. The van der Waals surface area contributed by atoms with Crippen LogP contribution >= 0.6 is 11.6 Å². The average Bonchev–Trinajstić information content (AvgIpc) is 3.35. The Hall–Kier alpha value is -2.49. The van der Waals surface area contributed by atoms with Crippen LogP contribution in [-0.4, -0.2) is 34.7 Å². The molecule has 4 rings (SSSR count). The van der Waals surface area contributed by atoms with Gasteiger partial charge in [0, 0.05) is 12.5 Å². The van der Waals surface area contributed by atoms with Gasteiger partial charge < -0.3 is 10.1 Å². The fraction of sp³-hybridized carbons (Fsp3) is 0.526. The Morgan fingerprint density at radius 1 is 1.40 bits per heavy atom.